The van der Waals surface area contributed by atoms with Crippen LogP contribution in [0.25, 0.3) is 0 Å². The number of halogens is 2. The molecule has 2 heterocycles. The third-order valence-electron chi connectivity index (χ3n) is 3.50. The second-order valence-corrected chi connectivity index (χ2v) is 5.64. The Morgan fingerprint density at radius 1 is 1.41 bits per heavy atom. The summed E-state index contributed by atoms with van der Waals surface area (Å²) in [6.45, 7) is 1.81. The maximum atomic E-state index is 9.71. The number of nitrogens with one attached hydrogen (secondary N) is 1. The highest BCUT2D eigenvalue weighted by atomic mass is 35.5. The molecule has 0 fully saturated rings. The molecule has 0 bridgehead atoms. The van der Waals surface area contributed by atoms with E-state index in [1.165, 1.54) is 0 Å². The monoisotopic (exact) mass is 336 g/mol. The van der Waals surface area contributed by atoms with Crippen LogP contribution in [0.5, 0.6) is 11.6 Å². The number of aromatic amines is 1. The molecule has 8 heteroatoms. The van der Waals surface area contributed by atoms with Crippen LogP contribution in [0.2, 0.25) is 10.0 Å². The van der Waals surface area contributed by atoms with Crippen molar-refractivity contribution >= 4 is 23.2 Å². The van der Waals surface area contributed by atoms with Gasteiger partial charge in [0, 0.05) is 11.3 Å². The minimum absolute atomic E-state index is 0.0215. The van der Waals surface area contributed by atoms with Gasteiger partial charge in [0.25, 0.3) is 0 Å². The summed E-state index contributed by atoms with van der Waals surface area (Å²) in [5.74, 6) is -0.451. The largest absolute Gasteiger partial charge is 0.505 e. The van der Waals surface area contributed by atoms with Gasteiger partial charge < -0.3 is 15.6 Å². The van der Waals surface area contributed by atoms with Crippen molar-refractivity contribution in [1.82, 2.24) is 10.2 Å². The van der Waals surface area contributed by atoms with Crippen LogP contribution in [0.4, 0.5) is 0 Å². The number of aromatic nitrogens is 2. The highest BCUT2D eigenvalue weighted by Crippen LogP contribution is 2.45. The van der Waals surface area contributed by atoms with E-state index < -0.39 is 5.92 Å². The third kappa shape index (κ3) is 2.06. The van der Waals surface area contributed by atoms with E-state index in [0.717, 1.165) is 5.69 Å². The number of nitriles is 1. The van der Waals surface area contributed by atoms with Crippen molar-refractivity contribution in [2.75, 3.05) is 0 Å². The molecule has 0 radical (unpaired) electrons. The molecule has 0 unspecified atom stereocenters. The Kier molecular flexibility index (Phi) is 3.39. The molecular weight excluding hydrogens is 327 g/mol. The van der Waals surface area contributed by atoms with E-state index in [1.807, 2.05) is 6.92 Å². The molecule has 0 amide bonds. The van der Waals surface area contributed by atoms with E-state index in [-0.39, 0.29) is 27.3 Å². The third-order valence-corrected chi connectivity index (χ3v) is 4.08. The minimum atomic E-state index is -0.525. The van der Waals surface area contributed by atoms with Crippen molar-refractivity contribution in [2.24, 2.45) is 5.73 Å². The first-order valence-electron chi connectivity index (χ1n) is 6.24. The zero-order chi connectivity index (χ0) is 16.0. The average molecular weight is 337 g/mol. The number of nitrogens with zero attached hydrogens (tertiary/aromatic N) is 2. The molecular formula is C14H10Cl2N4O2. The lowest BCUT2D eigenvalue weighted by atomic mass is 9.84. The van der Waals surface area contributed by atoms with Gasteiger partial charge in [-0.3, -0.25) is 5.10 Å². The second kappa shape index (κ2) is 5.13. The predicted octanol–water partition coefficient (Wildman–Crippen LogP) is 2.95. The van der Waals surface area contributed by atoms with E-state index in [4.69, 9.17) is 33.7 Å². The van der Waals surface area contributed by atoms with Crippen LogP contribution in [0.3, 0.4) is 0 Å². The Hall–Kier alpha value is -2.36. The van der Waals surface area contributed by atoms with E-state index in [9.17, 15) is 10.4 Å². The van der Waals surface area contributed by atoms with Gasteiger partial charge in [-0.1, -0.05) is 23.2 Å². The first kappa shape index (κ1) is 14.6. The van der Waals surface area contributed by atoms with Crippen LogP contribution in [0.15, 0.2) is 23.6 Å². The SMILES string of the molecule is Cc1[nH]nc2c1[C@@H](c1cc(Cl)c(O)c(Cl)c1)C(C#N)=C(N)O2. The fourth-order valence-corrected chi connectivity index (χ4v) is 2.99. The van der Waals surface area contributed by atoms with Gasteiger partial charge in [-0.2, -0.15) is 5.26 Å². The summed E-state index contributed by atoms with van der Waals surface area (Å²) in [6, 6.07) is 5.14. The van der Waals surface area contributed by atoms with Gasteiger partial charge in [0.1, 0.15) is 11.6 Å². The average Bonchev–Trinajstić information content (AvgIpc) is 2.83. The molecule has 22 heavy (non-hydrogen) atoms. The summed E-state index contributed by atoms with van der Waals surface area (Å²) in [5, 5.41) is 26.1. The summed E-state index contributed by atoms with van der Waals surface area (Å²) < 4.78 is 5.37. The van der Waals surface area contributed by atoms with Gasteiger partial charge in [0.15, 0.2) is 5.75 Å². The number of nitrogens with two attached hydrogens (primary N) is 1. The highest BCUT2D eigenvalue weighted by molar-refractivity contribution is 6.37. The molecule has 1 atom stereocenters. The van der Waals surface area contributed by atoms with Crippen LogP contribution < -0.4 is 10.5 Å². The second-order valence-electron chi connectivity index (χ2n) is 4.83. The van der Waals surface area contributed by atoms with Crippen molar-refractivity contribution in [3.05, 3.63) is 50.5 Å². The Morgan fingerprint density at radius 3 is 2.64 bits per heavy atom. The molecule has 112 valence electrons. The number of hydrogen-bond acceptors (Lipinski definition) is 5. The van der Waals surface area contributed by atoms with Crippen molar-refractivity contribution in [1.29, 1.82) is 5.26 Å². The van der Waals surface area contributed by atoms with Gasteiger partial charge in [-0.15, -0.1) is 5.10 Å². The Labute approximate surface area is 135 Å². The Morgan fingerprint density at radius 2 is 2.05 bits per heavy atom. The van der Waals surface area contributed by atoms with Crippen LogP contribution in [-0.2, 0) is 0 Å². The Balaban J connectivity index is 2.28. The number of aromatic hydroxyl groups is 1. The normalized spacial score (nSPS) is 16.9. The summed E-state index contributed by atoms with van der Waals surface area (Å²) in [6.07, 6.45) is 0. The molecule has 6 nitrogen and oxygen atoms in total. The van der Waals surface area contributed by atoms with Crippen molar-refractivity contribution < 1.29 is 9.84 Å². The number of allylic oxidation sites excluding steroid dienone is 1. The molecule has 0 saturated heterocycles. The van der Waals surface area contributed by atoms with Gasteiger partial charge in [0.05, 0.1) is 16.0 Å². The van der Waals surface area contributed by atoms with E-state index in [1.54, 1.807) is 12.1 Å². The van der Waals surface area contributed by atoms with Crippen molar-refractivity contribution in [2.45, 2.75) is 12.8 Å². The molecule has 2 aromatic rings. The highest BCUT2D eigenvalue weighted by Gasteiger charge is 2.34. The van der Waals surface area contributed by atoms with Gasteiger partial charge in [-0.25, -0.2) is 0 Å². The lowest BCUT2D eigenvalue weighted by Crippen LogP contribution is -2.21. The molecule has 0 aliphatic carbocycles. The first-order valence-corrected chi connectivity index (χ1v) is 7.00. The number of fused-ring (bicyclic) bond motifs is 1. The molecule has 1 aliphatic rings. The van der Waals surface area contributed by atoms with Crippen LogP contribution in [0, 0.1) is 18.3 Å². The topological polar surface area (TPSA) is 108 Å². The maximum Gasteiger partial charge on any atom is 0.244 e. The number of benzene rings is 1. The van der Waals surface area contributed by atoms with Crippen molar-refractivity contribution in [3.8, 4) is 17.7 Å². The zero-order valence-electron chi connectivity index (χ0n) is 11.3. The number of phenols is 1. The minimum Gasteiger partial charge on any atom is -0.505 e. The van der Waals surface area contributed by atoms with Crippen molar-refractivity contribution in [3.63, 3.8) is 0 Å². The number of phenolic OH excluding ortho intramolecular Hbond substituents is 1. The molecule has 3 rings (SSSR count). The van der Waals surface area contributed by atoms with Gasteiger partial charge in [0.2, 0.25) is 11.8 Å². The number of rotatable bonds is 1. The molecule has 1 aromatic carbocycles. The summed E-state index contributed by atoms with van der Waals surface area (Å²) in [4.78, 5) is 0. The van der Waals surface area contributed by atoms with Crippen LogP contribution in [-0.4, -0.2) is 15.3 Å². The summed E-state index contributed by atoms with van der Waals surface area (Å²) in [5.41, 5.74) is 8.08. The summed E-state index contributed by atoms with van der Waals surface area (Å²) in [7, 11) is 0. The fourth-order valence-electron chi connectivity index (χ4n) is 2.48. The lowest BCUT2D eigenvalue weighted by Gasteiger charge is -2.24. The lowest BCUT2D eigenvalue weighted by molar-refractivity contribution is 0.378. The molecule has 1 aliphatic heterocycles. The van der Waals surface area contributed by atoms with Crippen LogP contribution >= 0.6 is 23.2 Å². The number of ether oxygens (including phenoxy) is 1. The number of hydrogen-bond donors (Lipinski definition) is 3. The first-order chi connectivity index (χ1) is 10.4. The van der Waals surface area contributed by atoms with Gasteiger partial charge in [-0.05, 0) is 24.6 Å². The quantitative estimate of drug-likeness (QED) is 0.741. The molecule has 4 N–H and O–H groups in total. The smallest absolute Gasteiger partial charge is 0.244 e. The van der Waals surface area contributed by atoms with E-state index in [0.29, 0.717) is 17.0 Å². The van der Waals surface area contributed by atoms with E-state index in [2.05, 4.69) is 16.3 Å². The molecule has 0 spiro atoms. The zero-order valence-corrected chi connectivity index (χ0v) is 12.8. The maximum absolute atomic E-state index is 9.71. The number of aryl methyl sites for hydroxylation is 1. The van der Waals surface area contributed by atoms with Gasteiger partial charge >= 0.3 is 0 Å². The van der Waals surface area contributed by atoms with E-state index >= 15 is 0 Å². The molecule has 0 saturated carbocycles. The standard InChI is InChI=1S/C14H10Cl2N4O2/c1-5-10-11(6-2-8(15)12(21)9(16)3-6)7(4-17)13(18)22-14(10)20-19-5/h2-3,11,21H,18H2,1H3,(H,19,20)/t11-/m0/s1. The predicted molar refractivity (Wildman–Crippen MR) is 80.7 cm³/mol. The number of H-pyrrole nitrogens is 1. The molecule has 1 aromatic heterocycles. The summed E-state index contributed by atoms with van der Waals surface area (Å²) >= 11 is 12.0. The fraction of sp³-hybridized carbons (Fsp3) is 0.143. The Bertz CT molecular complexity index is 828. The van der Waals surface area contributed by atoms with Crippen LogP contribution in [0.1, 0.15) is 22.7 Å².